The molecule has 0 radical (unpaired) electrons. The summed E-state index contributed by atoms with van der Waals surface area (Å²) in [6.07, 6.45) is 1.15. The lowest BCUT2D eigenvalue weighted by Crippen LogP contribution is -2.47. The highest BCUT2D eigenvalue weighted by Gasteiger charge is 2.56. The summed E-state index contributed by atoms with van der Waals surface area (Å²) in [4.78, 5) is 0. The summed E-state index contributed by atoms with van der Waals surface area (Å²) in [7, 11) is 0. The van der Waals surface area contributed by atoms with Gasteiger partial charge in [-0.05, 0) is 23.1 Å². The van der Waals surface area contributed by atoms with Gasteiger partial charge >= 0.3 is 0 Å². The molecule has 1 saturated heterocycles. The molecule has 0 unspecified atom stereocenters. The Hall–Kier alpha value is -2.50. The van der Waals surface area contributed by atoms with Gasteiger partial charge in [0.15, 0.2) is 0 Å². The van der Waals surface area contributed by atoms with Gasteiger partial charge in [-0.15, -0.1) is 0 Å². The fourth-order valence-electron chi connectivity index (χ4n) is 4.54. The molecule has 0 aromatic heterocycles. The average molecular weight is 431 g/mol. The van der Waals surface area contributed by atoms with E-state index in [2.05, 4.69) is 36.4 Å². The van der Waals surface area contributed by atoms with Gasteiger partial charge in [-0.2, -0.15) is 0 Å². The third-order valence-corrected chi connectivity index (χ3v) is 6.28. The number of fused-ring (bicyclic) bond motifs is 1. The molecule has 2 fully saturated rings. The highest BCUT2D eigenvalue weighted by atomic mass is 16.6. The van der Waals surface area contributed by atoms with Crippen molar-refractivity contribution >= 4 is 0 Å². The van der Waals surface area contributed by atoms with Crippen LogP contribution >= 0.6 is 0 Å². The van der Waals surface area contributed by atoms with Gasteiger partial charge in [0.25, 0.3) is 0 Å². The molecule has 0 bridgehead atoms. The predicted molar refractivity (Wildman–Crippen MR) is 123 cm³/mol. The fraction of sp³-hybridized carbons (Fsp3) is 0.357. The van der Waals surface area contributed by atoms with Gasteiger partial charge in [-0.3, -0.25) is 0 Å². The van der Waals surface area contributed by atoms with Crippen molar-refractivity contribution in [2.75, 3.05) is 6.61 Å². The van der Waals surface area contributed by atoms with Gasteiger partial charge in [-0.1, -0.05) is 91.0 Å². The smallest absolute Gasteiger partial charge is 0.113 e. The Morgan fingerprint density at radius 2 is 1.12 bits per heavy atom. The molecule has 0 N–H and O–H groups in total. The Morgan fingerprint density at radius 1 is 0.625 bits per heavy atom. The maximum Gasteiger partial charge on any atom is 0.113 e. The van der Waals surface area contributed by atoms with Crippen LogP contribution in [0.1, 0.15) is 23.1 Å². The highest BCUT2D eigenvalue weighted by molar-refractivity contribution is 5.16. The molecule has 3 aromatic rings. The van der Waals surface area contributed by atoms with Crippen LogP contribution in [0.25, 0.3) is 0 Å². The topological polar surface area (TPSA) is 40.2 Å². The largest absolute Gasteiger partial charge is 0.376 e. The molecule has 1 heterocycles. The van der Waals surface area contributed by atoms with E-state index < -0.39 is 0 Å². The second-order valence-corrected chi connectivity index (χ2v) is 8.66. The number of epoxide rings is 1. The second kappa shape index (κ2) is 10.4. The van der Waals surface area contributed by atoms with Crippen LogP contribution in [-0.4, -0.2) is 31.0 Å². The summed E-state index contributed by atoms with van der Waals surface area (Å²) in [5, 5.41) is 0. The van der Waals surface area contributed by atoms with Gasteiger partial charge in [0.05, 0.1) is 38.6 Å². The lowest BCUT2D eigenvalue weighted by Gasteiger charge is -2.35. The third-order valence-electron chi connectivity index (χ3n) is 6.28. The Labute approximate surface area is 190 Å². The Bertz CT molecular complexity index is 947. The van der Waals surface area contributed by atoms with Crippen molar-refractivity contribution in [3.05, 3.63) is 108 Å². The molecule has 1 aliphatic heterocycles. The molecular weight excluding hydrogens is 400 g/mol. The van der Waals surface area contributed by atoms with Crippen LogP contribution in [0.15, 0.2) is 91.0 Å². The summed E-state index contributed by atoms with van der Waals surface area (Å²) < 4.78 is 25.0. The van der Waals surface area contributed by atoms with Crippen LogP contribution in [0.3, 0.4) is 0 Å². The molecule has 0 spiro atoms. The minimum absolute atomic E-state index is 0.0709. The zero-order valence-corrected chi connectivity index (χ0v) is 18.2. The van der Waals surface area contributed by atoms with Gasteiger partial charge < -0.3 is 18.9 Å². The summed E-state index contributed by atoms with van der Waals surface area (Å²) >= 11 is 0. The Kier molecular flexibility index (Phi) is 6.95. The van der Waals surface area contributed by atoms with Crippen LogP contribution in [0.5, 0.6) is 0 Å². The average Bonchev–Trinajstić information content (AvgIpc) is 3.63. The quantitative estimate of drug-likeness (QED) is 0.417. The minimum atomic E-state index is -0.0945. The number of benzene rings is 3. The summed E-state index contributed by atoms with van der Waals surface area (Å²) in [5.74, 6) is 0.229. The molecule has 3 aromatic carbocycles. The molecule has 1 saturated carbocycles. The van der Waals surface area contributed by atoms with Crippen molar-refractivity contribution < 1.29 is 18.9 Å². The molecule has 1 aliphatic carbocycles. The summed E-state index contributed by atoms with van der Waals surface area (Å²) in [6, 6.07) is 30.9. The van der Waals surface area contributed by atoms with Crippen molar-refractivity contribution in [2.24, 2.45) is 5.92 Å². The van der Waals surface area contributed by atoms with E-state index in [1.54, 1.807) is 0 Å². The summed E-state index contributed by atoms with van der Waals surface area (Å²) in [6.45, 7) is 2.35. The zero-order chi connectivity index (χ0) is 21.6. The Morgan fingerprint density at radius 3 is 1.69 bits per heavy atom. The Balaban J connectivity index is 1.26. The number of hydrogen-bond acceptors (Lipinski definition) is 4. The first-order valence-corrected chi connectivity index (χ1v) is 11.4. The SMILES string of the molecule is c1ccc(COC[C@H]2C[C@@H]3O[C@@H]3[C@@H](OCc3ccccc3)[C@H]2OCc2ccccc2)cc1. The first-order valence-electron chi connectivity index (χ1n) is 11.4. The highest BCUT2D eigenvalue weighted by Crippen LogP contribution is 2.43. The lowest BCUT2D eigenvalue weighted by molar-refractivity contribution is -0.135. The van der Waals surface area contributed by atoms with Crippen molar-refractivity contribution in [1.82, 2.24) is 0 Å². The normalized spacial score (nSPS) is 26.4. The zero-order valence-electron chi connectivity index (χ0n) is 18.2. The van der Waals surface area contributed by atoms with Gasteiger partial charge in [-0.25, -0.2) is 0 Å². The van der Waals surface area contributed by atoms with E-state index in [-0.39, 0.29) is 30.3 Å². The van der Waals surface area contributed by atoms with E-state index in [9.17, 15) is 0 Å². The van der Waals surface area contributed by atoms with Gasteiger partial charge in [0.1, 0.15) is 12.2 Å². The van der Waals surface area contributed by atoms with Crippen molar-refractivity contribution in [3.63, 3.8) is 0 Å². The molecule has 2 aliphatic rings. The van der Waals surface area contributed by atoms with E-state index in [0.29, 0.717) is 26.4 Å². The predicted octanol–water partition coefficient (Wildman–Crippen LogP) is 5.16. The van der Waals surface area contributed by atoms with E-state index in [1.165, 1.54) is 5.56 Å². The second-order valence-electron chi connectivity index (χ2n) is 8.66. The van der Waals surface area contributed by atoms with Gasteiger partial charge in [0, 0.05) is 5.92 Å². The van der Waals surface area contributed by atoms with Crippen LogP contribution < -0.4 is 0 Å². The van der Waals surface area contributed by atoms with E-state index in [0.717, 1.165) is 17.5 Å². The maximum atomic E-state index is 6.50. The van der Waals surface area contributed by atoms with Crippen LogP contribution in [0, 0.1) is 5.92 Å². The summed E-state index contributed by atoms with van der Waals surface area (Å²) in [5.41, 5.74) is 3.51. The minimum Gasteiger partial charge on any atom is -0.376 e. The van der Waals surface area contributed by atoms with Crippen LogP contribution in [0.4, 0.5) is 0 Å². The molecule has 4 nitrogen and oxygen atoms in total. The maximum absolute atomic E-state index is 6.50. The lowest BCUT2D eigenvalue weighted by atomic mass is 9.84. The molecule has 5 rings (SSSR count). The van der Waals surface area contributed by atoms with Gasteiger partial charge in [0.2, 0.25) is 0 Å². The standard InChI is InChI=1S/C28H30O4/c1-4-10-21(11-5-1)17-29-20-24-16-25-27(32-25)28(31-19-23-14-8-3-9-15-23)26(24)30-18-22-12-6-2-7-13-22/h1-15,24-28H,16-20H2/t24-,25+,26+,27+,28+/m1/s1. The van der Waals surface area contributed by atoms with Crippen molar-refractivity contribution in [3.8, 4) is 0 Å². The molecule has 5 atom stereocenters. The molecule has 0 amide bonds. The van der Waals surface area contributed by atoms with Crippen molar-refractivity contribution in [2.45, 2.75) is 50.7 Å². The molecular formula is C28H30O4. The van der Waals surface area contributed by atoms with Crippen LogP contribution in [0.2, 0.25) is 0 Å². The van der Waals surface area contributed by atoms with Crippen molar-refractivity contribution in [1.29, 1.82) is 0 Å². The monoisotopic (exact) mass is 430 g/mol. The van der Waals surface area contributed by atoms with E-state index in [4.69, 9.17) is 18.9 Å². The first kappa shape index (κ1) is 21.4. The number of hydrogen-bond donors (Lipinski definition) is 0. The third kappa shape index (κ3) is 5.45. The van der Waals surface area contributed by atoms with E-state index in [1.807, 2.05) is 54.6 Å². The van der Waals surface area contributed by atoms with E-state index >= 15 is 0 Å². The molecule has 32 heavy (non-hydrogen) atoms. The fourth-order valence-corrected chi connectivity index (χ4v) is 4.54. The number of rotatable bonds is 10. The molecule has 4 heteroatoms. The molecule has 166 valence electrons. The van der Waals surface area contributed by atoms with Crippen LogP contribution in [-0.2, 0) is 38.8 Å². The number of ether oxygens (including phenoxy) is 4. The first-order chi connectivity index (χ1) is 15.9.